The van der Waals surface area contributed by atoms with Crippen LogP contribution in [0.4, 0.5) is 0 Å². The van der Waals surface area contributed by atoms with E-state index < -0.39 is 0 Å². The normalized spacial score (nSPS) is 32.4. The van der Waals surface area contributed by atoms with Crippen LogP contribution in [0.2, 0.25) is 0 Å². The third-order valence-corrected chi connectivity index (χ3v) is 6.55. The summed E-state index contributed by atoms with van der Waals surface area (Å²) in [4.78, 5) is -0.200. The molecule has 3 heteroatoms. The first kappa shape index (κ1) is 17.3. The zero-order valence-corrected chi connectivity index (χ0v) is 15.5. The monoisotopic (exact) mass is 357 g/mol. The molecular formula is C22H28ClNO. The largest absolute Gasteiger partial charge is 0.381 e. The second kappa shape index (κ2) is 7.65. The predicted molar refractivity (Wildman–Crippen MR) is 105 cm³/mol. The molecule has 25 heavy (non-hydrogen) atoms. The maximum Gasteiger partial charge on any atom is 0.0707 e. The standard InChI is InChI=1S/C22H28ClNO/c23-22(11-6-19(7-12-22)18-4-2-1-3-5-18)20-16-21(20)24-13-8-17-9-14-25-15-10-17/h1-7,11,17,20-21,24H,8-10,12-16H2/t20-,21-,22?/m1/s1. The van der Waals surface area contributed by atoms with E-state index in [1.807, 2.05) is 0 Å². The molecule has 2 aliphatic carbocycles. The van der Waals surface area contributed by atoms with E-state index in [1.54, 1.807) is 0 Å². The Morgan fingerprint density at radius 3 is 2.68 bits per heavy atom. The molecule has 3 atom stereocenters. The van der Waals surface area contributed by atoms with E-state index in [9.17, 15) is 0 Å². The number of benzene rings is 1. The van der Waals surface area contributed by atoms with Gasteiger partial charge in [0.25, 0.3) is 0 Å². The van der Waals surface area contributed by atoms with Crippen LogP contribution in [0, 0.1) is 11.8 Å². The fraction of sp³-hybridized carbons (Fsp3) is 0.545. The van der Waals surface area contributed by atoms with E-state index in [-0.39, 0.29) is 4.87 Å². The van der Waals surface area contributed by atoms with Gasteiger partial charge in [-0.05, 0) is 61.6 Å². The lowest BCUT2D eigenvalue weighted by Crippen LogP contribution is -2.30. The van der Waals surface area contributed by atoms with Crippen LogP contribution in [0.5, 0.6) is 0 Å². The van der Waals surface area contributed by atoms with Gasteiger partial charge in [0.1, 0.15) is 0 Å². The summed E-state index contributed by atoms with van der Waals surface area (Å²) in [7, 11) is 0. The number of hydrogen-bond acceptors (Lipinski definition) is 2. The van der Waals surface area contributed by atoms with Crippen LogP contribution in [0.1, 0.15) is 37.7 Å². The van der Waals surface area contributed by atoms with Gasteiger partial charge in [-0.1, -0.05) is 48.6 Å². The van der Waals surface area contributed by atoms with Crippen molar-refractivity contribution >= 4 is 17.2 Å². The highest BCUT2D eigenvalue weighted by Gasteiger charge is 2.50. The molecule has 2 nitrogen and oxygen atoms in total. The molecule has 1 N–H and O–H groups in total. The summed E-state index contributed by atoms with van der Waals surface area (Å²) in [5.74, 6) is 1.41. The van der Waals surface area contributed by atoms with Crippen LogP contribution >= 0.6 is 11.6 Å². The van der Waals surface area contributed by atoms with Crippen molar-refractivity contribution in [1.82, 2.24) is 5.32 Å². The molecule has 1 aromatic rings. The Hall–Kier alpha value is -1.09. The van der Waals surface area contributed by atoms with Gasteiger partial charge < -0.3 is 10.1 Å². The number of hydrogen-bond donors (Lipinski definition) is 1. The van der Waals surface area contributed by atoms with Crippen LogP contribution in [-0.4, -0.2) is 30.7 Å². The molecule has 0 radical (unpaired) electrons. The molecule has 1 aromatic carbocycles. The van der Waals surface area contributed by atoms with Crippen LogP contribution in [-0.2, 0) is 4.74 Å². The number of alkyl halides is 1. The molecule has 134 valence electrons. The maximum absolute atomic E-state index is 6.96. The van der Waals surface area contributed by atoms with E-state index in [0.29, 0.717) is 12.0 Å². The molecular weight excluding hydrogens is 330 g/mol. The van der Waals surface area contributed by atoms with Crippen molar-refractivity contribution < 1.29 is 4.74 Å². The first-order valence-corrected chi connectivity index (χ1v) is 10.1. The minimum atomic E-state index is -0.200. The van der Waals surface area contributed by atoms with Gasteiger partial charge in [0.15, 0.2) is 0 Å². The number of rotatable bonds is 6. The van der Waals surface area contributed by atoms with E-state index in [4.69, 9.17) is 16.3 Å². The quantitative estimate of drug-likeness (QED) is 0.738. The van der Waals surface area contributed by atoms with Gasteiger partial charge in [-0.2, -0.15) is 0 Å². The molecule has 0 aromatic heterocycles. The zero-order chi connectivity index (χ0) is 17.1. The van der Waals surface area contributed by atoms with Crippen LogP contribution in [0.3, 0.4) is 0 Å². The topological polar surface area (TPSA) is 21.3 Å². The molecule has 0 amide bonds. The summed E-state index contributed by atoms with van der Waals surface area (Å²) in [6.07, 6.45) is 12.6. The van der Waals surface area contributed by atoms with E-state index in [2.05, 4.69) is 53.9 Å². The highest BCUT2D eigenvalue weighted by atomic mass is 35.5. The molecule has 1 aliphatic heterocycles. The second-order valence-corrected chi connectivity index (χ2v) is 8.44. The number of halogens is 1. The Labute approximate surface area is 156 Å². The molecule has 2 fully saturated rings. The SMILES string of the molecule is ClC1([C@@H]2C[C@H]2NCCC2CCOCC2)C=CC(c2ccccc2)=CC1. The summed E-state index contributed by atoms with van der Waals surface area (Å²) in [5, 5.41) is 3.74. The van der Waals surface area contributed by atoms with Gasteiger partial charge >= 0.3 is 0 Å². The molecule has 3 aliphatic rings. The smallest absolute Gasteiger partial charge is 0.0707 e. The van der Waals surface area contributed by atoms with Crippen molar-refractivity contribution in [1.29, 1.82) is 0 Å². The number of allylic oxidation sites excluding steroid dienone is 4. The summed E-state index contributed by atoms with van der Waals surface area (Å²) in [5.41, 5.74) is 2.57. The summed E-state index contributed by atoms with van der Waals surface area (Å²) >= 11 is 6.96. The van der Waals surface area contributed by atoms with Crippen molar-refractivity contribution in [2.75, 3.05) is 19.8 Å². The van der Waals surface area contributed by atoms with Gasteiger partial charge in [0.2, 0.25) is 0 Å². The van der Waals surface area contributed by atoms with E-state index in [0.717, 1.165) is 32.1 Å². The Morgan fingerprint density at radius 1 is 1.16 bits per heavy atom. The molecule has 1 saturated heterocycles. The van der Waals surface area contributed by atoms with Gasteiger partial charge in [0.05, 0.1) is 4.87 Å². The van der Waals surface area contributed by atoms with Gasteiger partial charge in [0, 0.05) is 19.3 Å². The second-order valence-electron chi connectivity index (χ2n) is 7.74. The van der Waals surface area contributed by atoms with E-state index in [1.165, 1.54) is 36.8 Å². The molecule has 1 saturated carbocycles. The molecule has 0 spiro atoms. The lowest BCUT2D eigenvalue weighted by molar-refractivity contribution is 0.0639. The minimum Gasteiger partial charge on any atom is -0.381 e. The molecule has 1 unspecified atom stereocenters. The minimum absolute atomic E-state index is 0.200. The fourth-order valence-corrected chi connectivity index (χ4v) is 4.59. The lowest BCUT2D eigenvalue weighted by Gasteiger charge is -2.26. The van der Waals surface area contributed by atoms with Crippen LogP contribution < -0.4 is 5.32 Å². The van der Waals surface area contributed by atoms with E-state index >= 15 is 0 Å². The van der Waals surface area contributed by atoms with Crippen molar-refractivity contribution in [2.24, 2.45) is 11.8 Å². The average Bonchev–Trinajstić information content (AvgIpc) is 3.45. The molecule has 4 rings (SSSR count). The zero-order valence-electron chi connectivity index (χ0n) is 14.8. The van der Waals surface area contributed by atoms with Crippen molar-refractivity contribution in [3.63, 3.8) is 0 Å². The third kappa shape index (κ3) is 4.19. The van der Waals surface area contributed by atoms with Gasteiger partial charge in [-0.3, -0.25) is 0 Å². The Kier molecular flexibility index (Phi) is 5.30. The summed E-state index contributed by atoms with van der Waals surface area (Å²) in [6.45, 7) is 3.01. The fourth-order valence-electron chi connectivity index (χ4n) is 4.21. The first-order chi connectivity index (χ1) is 12.2. The van der Waals surface area contributed by atoms with Crippen LogP contribution in [0.25, 0.3) is 5.57 Å². The van der Waals surface area contributed by atoms with Gasteiger partial charge in [-0.25, -0.2) is 0 Å². The number of ether oxygens (including phenoxy) is 1. The molecule has 0 bridgehead atoms. The first-order valence-electron chi connectivity index (χ1n) is 9.69. The van der Waals surface area contributed by atoms with Gasteiger partial charge in [-0.15, -0.1) is 11.6 Å². The van der Waals surface area contributed by atoms with Crippen molar-refractivity contribution in [3.8, 4) is 0 Å². The summed E-state index contributed by atoms with van der Waals surface area (Å²) < 4.78 is 5.44. The predicted octanol–water partition coefficient (Wildman–Crippen LogP) is 4.80. The Bertz CT molecular complexity index is 635. The Morgan fingerprint density at radius 2 is 1.96 bits per heavy atom. The Balaban J connectivity index is 1.25. The maximum atomic E-state index is 6.96. The lowest BCUT2D eigenvalue weighted by atomic mass is 9.89. The van der Waals surface area contributed by atoms with Crippen molar-refractivity contribution in [2.45, 2.75) is 43.0 Å². The highest BCUT2D eigenvalue weighted by Crippen LogP contribution is 2.49. The third-order valence-electron chi connectivity index (χ3n) is 5.99. The summed E-state index contributed by atoms with van der Waals surface area (Å²) in [6, 6.07) is 11.2. The number of nitrogens with one attached hydrogen (secondary N) is 1. The highest BCUT2D eigenvalue weighted by molar-refractivity contribution is 6.26. The van der Waals surface area contributed by atoms with Crippen LogP contribution in [0.15, 0.2) is 48.6 Å². The molecule has 1 heterocycles. The average molecular weight is 358 g/mol. The van der Waals surface area contributed by atoms with Crippen molar-refractivity contribution in [3.05, 3.63) is 54.1 Å².